The Balaban J connectivity index is 1.42. The van der Waals surface area contributed by atoms with Gasteiger partial charge in [0.1, 0.15) is 0 Å². The molecule has 53 heavy (non-hydrogen) atoms. The predicted octanol–water partition coefficient (Wildman–Crippen LogP) is 11.9. The largest absolute Gasteiger partial charge is 0.256 e. The standard InChI is InChI=1S/C49H42N4/c1-47(2,3)33-19-23-50-43(29-33)39-27-35(25-31-13-11-21-52-45(31)39)49(41-17-9-7-15-37(41)38-16-8-10-18-42(38)49)36-26-32-14-12-22-53-46(32)40(28-36)44-30-34(20-24-51-44)48(4,5)6/h7-30H,1-6H3. The zero-order valence-corrected chi connectivity index (χ0v) is 31.1. The molecule has 0 aliphatic heterocycles. The molecule has 4 nitrogen and oxygen atoms in total. The van der Waals surface area contributed by atoms with E-state index in [1.165, 1.54) is 44.5 Å². The quantitative estimate of drug-likeness (QED) is 0.185. The number of nitrogens with zero attached hydrogens (tertiary/aromatic N) is 4. The van der Waals surface area contributed by atoms with Crippen LogP contribution in [0.3, 0.4) is 0 Å². The molecule has 0 amide bonds. The maximum Gasteiger partial charge on any atom is 0.0796 e. The van der Waals surface area contributed by atoms with Gasteiger partial charge in [0.15, 0.2) is 0 Å². The molecule has 9 rings (SSSR count). The Morgan fingerprint density at radius 1 is 0.396 bits per heavy atom. The van der Waals surface area contributed by atoms with E-state index in [2.05, 4.69) is 151 Å². The van der Waals surface area contributed by atoms with Gasteiger partial charge in [0.25, 0.3) is 0 Å². The molecule has 0 saturated heterocycles. The summed E-state index contributed by atoms with van der Waals surface area (Å²) < 4.78 is 0. The van der Waals surface area contributed by atoms with Crippen molar-refractivity contribution in [1.29, 1.82) is 0 Å². The SMILES string of the molecule is CC(C)(C)c1ccnc(-c2cc(C3(c4cc(-c5cc(C(C)(C)C)ccn5)c5ncccc5c4)c4ccccc4-c4ccccc43)cc3cccnc23)c1. The van der Waals surface area contributed by atoms with E-state index in [0.717, 1.165) is 44.3 Å². The van der Waals surface area contributed by atoms with Gasteiger partial charge in [-0.05, 0) is 116 Å². The first-order valence-electron chi connectivity index (χ1n) is 18.5. The normalized spacial score (nSPS) is 13.6. The predicted molar refractivity (Wildman–Crippen MR) is 218 cm³/mol. The molecule has 1 aliphatic rings. The molecule has 0 fully saturated rings. The lowest BCUT2D eigenvalue weighted by atomic mass is 9.66. The van der Waals surface area contributed by atoms with Gasteiger partial charge >= 0.3 is 0 Å². The van der Waals surface area contributed by atoms with E-state index in [4.69, 9.17) is 19.9 Å². The van der Waals surface area contributed by atoms with Crippen molar-refractivity contribution in [3.05, 3.63) is 179 Å². The van der Waals surface area contributed by atoms with Gasteiger partial charge in [-0.3, -0.25) is 19.9 Å². The average Bonchev–Trinajstić information content (AvgIpc) is 3.47. The van der Waals surface area contributed by atoms with Crippen LogP contribution in [0.5, 0.6) is 0 Å². The van der Waals surface area contributed by atoms with E-state index in [1.54, 1.807) is 0 Å². The summed E-state index contributed by atoms with van der Waals surface area (Å²) in [6, 6.07) is 44.4. The van der Waals surface area contributed by atoms with Crippen LogP contribution >= 0.6 is 0 Å². The van der Waals surface area contributed by atoms with Crippen LogP contribution in [0.1, 0.15) is 74.9 Å². The minimum Gasteiger partial charge on any atom is -0.256 e. The van der Waals surface area contributed by atoms with E-state index in [1.807, 2.05) is 36.9 Å². The molecule has 0 unspecified atom stereocenters. The fourth-order valence-electron chi connectivity index (χ4n) is 8.32. The van der Waals surface area contributed by atoms with Crippen LogP contribution in [-0.2, 0) is 16.2 Å². The number of hydrogen-bond acceptors (Lipinski definition) is 4. The van der Waals surface area contributed by atoms with Crippen LogP contribution in [0.15, 0.2) is 146 Å². The summed E-state index contributed by atoms with van der Waals surface area (Å²) in [6.07, 6.45) is 7.65. The summed E-state index contributed by atoms with van der Waals surface area (Å²) >= 11 is 0. The van der Waals surface area contributed by atoms with Crippen molar-refractivity contribution in [2.75, 3.05) is 0 Å². The van der Waals surface area contributed by atoms with Crippen molar-refractivity contribution in [3.63, 3.8) is 0 Å². The second-order valence-corrected chi connectivity index (χ2v) is 16.4. The van der Waals surface area contributed by atoms with Crippen molar-refractivity contribution < 1.29 is 0 Å². The number of hydrogen-bond donors (Lipinski definition) is 0. The maximum atomic E-state index is 4.99. The lowest BCUT2D eigenvalue weighted by Crippen LogP contribution is -2.29. The van der Waals surface area contributed by atoms with Crippen LogP contribution in [-0.4, -0.2) is 19.9 Å². The molecule has 1 aliphatic carbocycles. The van der Waals surface area contributed by atoms with Gasteiger partial charge in [0.2, 0.25) is 0 Å². The first-order chi connectivity index (χ1) is 25.5. The van der Waals surface area contributed by atoms with Crippen molar-refractivity contribution >= 4 is 21.8 Å². The molecule has 0 spiro atoms. The molecule has 4 heteroatoms. The highest BCUT2D eigenvalue weighted by Gasteiger charge is 2.47. The Morgan fingerprint density at radius 3 is 1.26 bits per heavy atom. The molecule has 8 aromatic rings. The van der Waals surface area contributed by atoms with E-state index >= 15 is 0 Å². The molecular weight excluding hydrogens is 645 g/mol. The van der Waals surface area contributed by atoms with Crippen molar-refractivity contribution in [1.82, 2.24) is 19.9 Å². The lowest BCUT2D eigenvalue weighted by molar-refractivity contribution is 0.589. The number of aromatic nitrogens is 4. The minimum atomic E-state index is -0.673. The topological polar surface area (TPSA) is 51.6 Å². The van der Waals surface area contributed by atoms with Gasteiger partial charge in [0.05, 0.1) is 27.8 Å². The van der Waals surface area contributed by atoms with Gasteiger partial charge in [0, 0.05) is 46.7 Å². The first kappa shape index (κ1) is 32.9. The highest BCUT2D eigenvalue weighted by atomic mass is 14.7. The smallest absolute Gasteiger partial charge is 0.0796 e. The Kier molecular flexibility index (Phi) is 7.46. The second kappa shape index (κ2) is 12.0. The molecular formula is C49H42N4. The summed E-state index contributed by atoms with van der Waals surface area (Å²) in [5.41, 5.74) is 14.8. The Hall–Kier alpha value is -6.00. The highest BCUT2D eigenvalue weighted by molar-refractivity contribution is 5.98. The van der Waals surface area contributed by atoms with Gasteiger partial charge in [-0.15, -0.1) is 0 Å². The maximum absolute atomic E-state index is 4.99. The molecule has 4 aromatic carbocycles. The zero-order chi connectivity index (χ0) is 36.5. The fraction of sp³-hybridized carbons (Fsp3) is 0.184. The number of rotatable bonds is 4. The molecule has 4 heterocycles. The molecule has 0 bridgehead atoms. The number of fused-ring (bicyclic) bond motifs is 5. The summed E-state index contributed by atoms with van der Waals surface area (Å²) in [5, 5.41) is 2.15. The number of pyridine rings is 4. The van der Waals surface area contributed by atoms with E-state index in [-0.39, 0.29) is 10.8 Å². The molecule has 4 aromatic heterocycles. The first-order valence-corrected chi connectivity index (χ1v) is 18.5. The number of benzene rings is 4. The molecule has 0 radical (unpaired) electrons. The highest BCUT2D eigenvalue weighted by Crippen LogP contribution is 2.57. The zero-order valence-electron chi connectivity index (χ0n) is 31.1. The van der Waals surface area contributed by atoms with Gasteiger partial charge in [-0.25, -0.2) is 0 Å². The molecule has 258 valence electrons. The van der Waals surface area contributed by atoms with Crippen LogP contribution < -0.4 is 0 Å². The Morgan fingerprint density at radius 2 is 0.830 bits per heavy atom. The van der Waals surface area contributed by atoms with Crippen molar-refractivity contribution in [2.45, 2.75) is 57.8 Å². The summed E-state index contributed by atoms with van der Waals surface area (Å²) in [6.45, 7) is 13.5. The van der Waals surface area contributed by atoms with E-state index in [9.17, 15) is 0 Å². The third-order valence-corrected chi connectivity index (χ3v) is 11.0. The van der Waals surface area contributed by atoms with Gasteiger partial charge in [-0.1, -0.05) is 102 Å². The average molecular weight is 687 g/mol. The summed E-state index contributed by atoms with van der Waals surface area (Å²) in [5.74, 6) is 0. The molecule has 0 saturated carbocycles. The molecule has 0 N–H and O–H groups in total. The van der Waals surface area contributed by atoms with Gasteiger partial charge < -0.3 is 0 Å². The van der Waals surface area contributed by atoms with Crippen LogP contribution in [0.4, 0.5) is 0 Å². The van der Waals surface area contributed by atoms with Crippen LogP contribution in [0, 0.1) is 0 Å². The molecule has 0 atom stereocenters. The third-order valence-electron chi connectivity index (χ3n) is 11.0. The second-order valence-electron chi connectivity index (χ2n) is 16.4. The van der Waals surface area contributed by atoms with E-state index in [0.29, 0.717) is 0 Å². The van der Waals surface area contributed by atoms with Crippen LogP contribution in [0.2, 0.25) is 0 Å². The Bertz CT molecular complexity index is 2520. The van der Waals surface area contributed by atoms with E-state index < -0.39 is 5.41 Å². The van der Waals surface area contributed by atoms with Crippen molar-refractivity contribution in [2.24, 2.45) is 0 Å². The monoisotopic (exact) mass is 686 g/mol. The van der Waals surface area contributed by atoms with Crippen molar-refractivity contribution in [3.8, 4) is 33.6 Å². The third kappa shape index (κ3) is 5.27. The van der Waals surface area contributed by atoms with Gasteiger partial charge in [-0.2, -0.15) is 0 Å². The summed E-state index contributed by atoms with van der Waals surface area (Å²) in [4.78, 5) is 19.9. The minimum absolute atomic E-state index is 0.0308. The summed E-state index contributed by atoms with van der Waals surface area (Å²) in [7, 11) is 0. The Labute approximate surface area is 311 Å². The lowest BCUT2D eigenvalue weighted by Gasteiger charge is -2.35. The van der Waals surface area contributed by atoms with Crippen LogP contribution in [0.25, 0.3) is 55.4 Å². The fourth-order valence-corrected chi connectivity index (χ4v) is 8.32.